The lowest BCUT2D eigenvalue weighted by atomic mass is 9.96. The lowest BCUT2D eigenvalue weighted by Crippen LogP contribution is -2.48. The maximum absolute atomic E-state index is 13.4. The normalized spacial score (nSPS) is 17.4. The number of hydrogen-bond acceptors (Lipinski definition) is 6. The molecule has 1 aliphatic rings. The number of H-pyrrole nitrogens is 1. The first-order valence-corrected chi connectivity index (χ1v) is 12.5. The molecule has 1 aromatic carbocycles. The van der Waals surface area contributed by atoms with Gasteiger partial charge in [-0.25, -0.2) is 4.98 Å². The van der Waals surface area contributed by atoms with Crippen LogP contribution in [0.5, 0.6) is 0 Å². The summed E-state index contributed by atoms with van der Waals surface area (Å²) in [5.41, 5.74) is 1.95. The average Bonchev–Trinajstić information content (AvgIpc) is 3.54. The third-order valence-corrected chi connectivity index (χ3v) is 6.71. The molecule has 2 N–H and O–H groups in total. The average molecular weight is 492 g/mol. The van der Waals surface area contributed by atoms with Gasteiger partial charge in [-0.1, -0.05) is 42.4 Å². The molecule has 3 heterocycles. The standard InChI is InChI=1S/C27H33N5O4/c1-17(26-28-16-23(29-26)20-10-5-4-6-11-20)13-24(33)21(30-27(35)22-14-19(3)36-31-22)15-25(34)32-12-8-7-9-18(32)2/h4-6,10-11,14,16-18,21H,7-9,12-13,15H2,1-3H3,(H,28,29)(H,30,35)/t17-,18+,21+/m1/s1. The predicted molar refractivity (Wildman–Crippen MR) is 134 cm³/mol. The van der Waals surface area contributed by atoms with Crippen LogP contribution in [-0.4, -0.2) is 56.3 Å². The van der Waals surface area contributed by atoms with E-state index in [9.17, 15) is 14.4 Å². The van der Waals surface area contributed by atoms with Gasteiger partial charge in [-0.15, -0.1) is 0 Å². The Morgan fingerprint density at radius 3 is 2.67 bits per heavy atom. The first-order chi connectivity index (χ1) is 17.3. The fourth-order valence-corrected chi connectivity index (χ4v) is 4.60. The maximum Gasteiger partial charge on any atom is 0.274 e. The number of nitrogens with one attached hydrogen (secondary N) is 2. The lowest BCUT2D eigenvalue weighted by molar-refractivity contribution is -0.137. The van der Waals surface area contributed by atoms with Crippen molar-refractivity contribution >= 4 is 17.6 Å². The zero-order chi connectivity index (χ0) is 25.7. The van der Waals surface area contributed by atoms with Gasteiger partial charge in [0.1, 0.15) is 11.6 Å². The second kappa shape index (κ2) is 11.3. The second-order valence-corrected chi connectivity index (χ2v) is 9.60. The molecule has 1 saturated heterocycles. The number of hydrogen-bond donors (Lipinski definition) is 2. The lowest BCUT2D eigenvalue weighted by Gasteiger charge is -2.34. The SMILES string of the molecule is Cc1cc(C(=O)N[C@@H](CC(=O)N2CCCC[C@@H]2C)C(=O)C[C@@H](C)c2ncc(-c3ccccc3)[nH]2)no1. The Bertz CT molecular complexity index is 1200. The van der Waals surface area contributed by atoms with Gasteiger partial charge in [0.25, 0.3) is 5.91 Å². The number of Topliss-reactive ketones (excluding diaryl/α,β-unsaturated/α-hetero) is 1. The number of carbonyl (C=O) groups excluding carboxylic acids is 3. The molecule has 190 valence electrons. The van der Waals surface area contributed by atoms with Crippen LogP contribution in [0.25, 0.3) is 11.3 Å². The summed E-state index contributed by atoms with van der Waals surface area (Å²) in [6, 6.07) is 10.5. The Morgan fingerprint density at radius 1 is 1.19 bits per heavy atom. The number of nitrogens with zero attached hydrogens (tertiary/aromatic N) is 3. The number of imidazole rings is 1. The number of benzene rings is 1. The van der Waals surface area contributed by atoms with E-state index >= 15 is 0 Å². The van der Waals surface area contributed by atoms with E-state index in [2.05, 4.69) is 20.4 Å². The molecule has 2 aromatic heterocycles. The molecule has 0 aliphatic carbocycles. The molecule has 9 heteroatoms. The fraction of sp³-hybridized carbons (Fsp3) is 0.444. The number of aryl methyl sites for hydroxylation is 1. The van der Waals surface area contributed by atoms with E-state index in [0.717, 1.165) is 30.5 Å². The van der Waals surface area contributed by atoms with Gasteiger partial charge in [0, 0.05) is 31.0 Å². The van der Waals surface area contributed by atoms with Crippen molar-refractivity contribution in [3.8, 4) is 11.3 Å². The van der Waals surface area contributed by atoms with E-state index in [1.807, 2.05) is 49.1 Å². The van der Waals surface area contributed by atoms with Gasteiger partial charge in [0.2, 0.25) is 5.91 Å². The van der Waals surface area contributed by atoms with E-state index in [4.69, 9.17) is 4.52 Å². The first-order valence-electron chi connectivity index (χ1n) is 12.5. The van der Waals surface area contributed by atoms with Crippen LogP contribution >= 0.6 is 0 Å². The molecule has 1 fully saturated rings. The van der Waals surface area contributed by atoms with Gasteiger partial charge in [-0.05, 0) is 38.7 Å². The molecule has 3 aromatic rings. The quantitative estimate of drug-likeness (QED) is 0.466. The number of amides is 2. The molecule has 36 heavy (non-hydrogen) atoms. The third kappa shape index (κ3) is 6.08. The van der Waals surface area contributed by atoms with E-state index in [-0.39, 0.29) is 42.2 Å². The van der Waals surface area contributed by atoms with Crippen molar-refractivity contribution < 1.29 is 18.9 Å². The monoisotopic (exact) mass is 491 g/mol. The highest BCUT2D eigenvalue weighted by molar-refractivity contribution is 5.98. The summed E-state index contributed by atoms with van der Waals surface area (Å²) < 4.78 is 5.00. The van der Waals surface area contributed by atoms with Crippen molar-refractivity contribution in [2.24, 2.45) is 0 Å². The minimum absolute atomic E-state index is 0.0793. The van der Waals surface area contributed by atoms with Crippen LogP contribution in [0.4, 0.5) is 0 Å². The molecular weight excluding hydrogens is 458 g/mol. The van der Waals surface area contributed by atoms with Gasteiger partial charge in [0.05, 0.1) is 24.4 Å². The molecule has 0 radical (unpaired) electrons. The van der Waals surface area contributed by atoms with E-state index < -0.39 is 11.9 Å². The summed E-state index contributed by atoms with van der Waals surface area (Å²) in [5.74, 6) is 0.0348. The van der Waals surface area contributed by atoms with Gasteiger partial charge in [0.15, 0.2) is 11.5 Å². The summed E-state index contributed by atoms with van der Waals surface area (Å²) in [6.07, 6.45) is 4.74. The molecule has 0 saturated carbocycles. The van der Waals surface area contributed by atoms with E-state index in [1.165, 1.54) is 6.07 Å². The van der Waals surface area contributed by atoms with Crippen molar-refractivity contribution in [3.63, 3.8) is 0 Å². The summed E-state index contributed by atoms with van der Waals surface area (Å²) in [5, 5.41) is 6.47. The molecule has 0 spiro atoms. The van der Waals surface area contributed by atoms with Crippen LogP contribution in [0, 0.1) is 6.92 Å². The predicted octanol–water partition coefficient (Wildman–Crippen LogP) is 4.03. The molecular formula is C27H33N5O4. The number of carbonyl (C=O) groups is 3. The molecule has 2 amide bonds. The molecule has 0 bridgehead atoms. The smallest absolute Gasteiger partial charge is 0.274 e. The third-order valence-electron chi connectivity index (χ3n) is 6.71. The highest BCUT2D eigenvalue weighted by Crippen LogP contribution is 2.23. The molecule has 0 unspecified atom stereocenters. The summed E-state index contributed by atoms with van der Waals surface area (Å²) in [7, 11) is 0. The summed E-state index contributed by atoms with van der Waals surface area (Å²) in [4.78, 5) is 48.9. The highest BCUT2D eigenvalue weighted by atomic mass is 16.5. The van der Waals surface area contributed by atoms with Crippen LogP contribution in [0.3, 0.4) is 0 Å². The van der Waals surface area contributed by atoms with Crippen LogP contribution in [-0.2, 0) is 9.59 Å². The van der Waals surface area contributed by atoms with E-state index in [1.54, 1.807) is 13.1 Å². The number of aromatic amines is 1. The number of piperidine rings is 1. The van der Waals surface area contributed by atoms with Gasteiger partial charge in [-0.3, -0.25) is 14.4 Å². The first kappa shape index (κ1) is 25.3. The van der Waals surface area contributed by atoms with Gasteiger partial charge in [-0.2, -0.15) is 0 Å². The van der Waals surface area contributed by atoms with Crippen molar-refractivity contribution in [1.82, 2.24) is 25.3 Å². The van der Waals surface area contributed by atoms with Crippen molar-refractivity contribution in [1.29, 1.82) is 0 Å². The number of rotatable bonds is 9. The summed E-state index contributed by atoms with van der Waals surface area (Å²) in [6.45, 7) is 6.28. The Kier molecular flexibility index (Phi) is 7.97. The second-order valence-electron chi connectivity index (χ2n) is 9.60. The topological polar surface area (TPSA) is 121 Å². The highest BCUT2D eigenvalue weighted by Gasteiger charge is 2.31. The van der Waals surface area contributed by atoms with Crippen molar-refractivity contribution in [2.75, 3.05) is 6.54 Å². The van der Waals surface area contributed by atoms with Crippen LogP contribution in [0.1, 0.15) is 73.9 Å². The fourth-order valence-electron chi connectivity index (χ4n) is 4.60. The largest absolute Gasteiger partial charge is 0.361 e. The van der Waals surface area contributed by atoms with Crippen LogP contribution in [0.2, 0.25) is 0 Å². The molecule has 1 aliphatic heterocycles. The zero-order valence-electron chi connectivity index (χ0n) is 21.0. The Labute approximate surface area is 210 Å². The van der Waals surface area contributed by atoms with Crippen LogP contribution in [0.15, 0.2) is 47.1 Å². The number of aromatic nitrogens is 3. The number of likely N-dealkylation sites (tertiary alicyclic amines) is 1. The van der Waals surface area contributed by atoms with E-state index in [0.29, 0.717) is 18.1 Å². The van der Waals surface area contributed by atoms with Crippen LogP contribution < -0.4 is 5.32 Å². The molecule has 3 atom stereocenters. The minimum atomic E-state index is -0.970. The van der Waals surface area contributed by atoms with Gasteiger partial charge < -0.3 is 19.7 Å². The van der Waals surface area contributed by atoms with Crippen molar-refractivity contribution in [3.05, 3.63) is 59.9 Å². The minimum Gasteiger partial charge on any atom is -0.361 e. The summed E-state index contributed by atoms with van der Waals surface area (Å²) >= 11 is 0. The van der Waals surface area contributed by atoms with Crippen molar-refractivity contribution in [2.45, 2.75) is 70.9 Å². The zero-order valence-corrected chi connectivity index (χ0v) is 21.0. The number of ketones is 1. The van der Waals surface area contributed by atoms with Gasteiger partial charge >= 0.3 is 0 Å². The Balaban J connectivity index is 1.47. The Morgan fingerprint density at radius 2 is 1.97 bits per heavy atom. The Hall–Kier alpha value is -3.75. The maximum atomic E-state index is 13.4. The molecule has 9 nitrogen and oxygen atoms in total. The molecule has 4 rings (SSSR count).